The summed E-state index contributed by atoms with van der Waals surface area (Å²) in [5.74, 6) is -1.10. The third kappa shape index (κ3) is 3.04. The summed E-state index contributed by atoms with van der Waals surface area (Å²) in [5, 5.41) is 10.1. The van der Waals surface area contributed by atoms with Crippen molar-refractivity contribution in [3.63, 3.8) is 0 Å². The summed E-state index contributed by atoms with van der Waals surface area (Å²) in [6, 6.07) is -0.894. The molecule has 0 radical (unpaired) electrons. The lowest BCUT2D eigenvalue weighted by Gasteiger charge is -2.02. The molecule has 0 aliphatic carbocycles. The van der Waals surface area contributed by atoms with Gasteiger partial charge >= 0.3 is 11.9 Å². The van der Waals surface area contributed by atoms with Crippen molar-refractivity contribution in [2.45, 2.75) is 12.5 Å². The topological polar surface area (TPSA) is 89.6 Å². The Balaban J connectivity index is 2.32. The number of carbonyl (C=O) groups is 2. The second-order valence-corrected chi connectivity index (χ2v) is 3.71. The summed E-state index contributed by atoms with van der Waals surface area (Å²) in [4.78, 5) is 21.3. The number of carbonyl (C=O) groups excluding carboxylic acids is 1. The van der Waals surface area contributed by atoms with E-state index in [1.807, 2.05) is 0 Å². The number of hydrogen-bond acceptors (Lipinski definition) is 5. The minimum absolute atomic E-state index is 0.256. The number of aliphatic carboxylic acids is 1. The number of hydrogen-bond donors (Lipinski definition) is 2. The van der Waals surface area contributed by atoms with Crippen LogP contribution in [0, 0.1) is 0 Å². The average molecular weight is 217 g/mol. The maximum absolute atomic E-state index is 10.9. The van der Waals surface area contributed by atoms with Crippen LogP contribution < -0.4 is 5.73 Å². The first-order valence-electron chi connectivity index (χ1n) is 4.07. The van der Waals surface area contributed by atoms with Crippen LogP contribution >= 0.6 is 11.8 Å². The number of cyclic esters (lactones) is 1. The fraction of sp³-hybridized carbons (Fsp3) is 0.500. The normalized spacial score (nSPS) is 20.9. The second kappa shape index (κ2) is 5.02. The summed E-state index contributed by atoms with van der Waals surface area (Å²) < 4.78 is 4.70. The fourth-order valence-electron chi connectivity index (χ4n) is 0.879. The molecule has 78 valence electrons. The van der Waals surface area contributed by atoms with E-state index in [1.54, 1.807) is 5.41 Å². The van der Waals surface area contributed by atoms with Crippen LogP contribution in [0.15, 0.2) is 11.0 Å². The molecule has 0 bridgehead atoms. The van der Waals surface area contributed by atoms with Crippen molar-refractivity contribution in [3.8, 4) is 0 Å². The minimum atomic E-state index is -1.04. The van der Waals surface area contributed by atoms with Crippen molar-refractivity contribution in [2.24, 2.45) is 5.73 Å². The summed E-state index contributed by atoms with van der Waals surface area (Å²) in [6.45, 7) is 0.413. The number of carboxylic acid groups (broad SMARTS) is 1. The van der Waals surface area contributed by atoms with Crippen LogP contribution in [0.3, 0.4) is 0 Å². The zero-order valence-corrected chi connectivity index (χ0v) is 8.25. The highest BCUT2D eigenvalue weighted by Crippen LogP contribution is 2.17. The first-order valence-corrected chi connectivity index (χ1v) is 5.12. The van der Waals surface area contributed by atoms with Gasteiger partial charge in [-0.1, -0.05) is 0 Å². The van der Waals surface area contributed by atoms with Crippen molar-refractivity contribution >= 4 is 23.7 Å². The fourth-order valence-corrected chi connectivity index (χ4v) is 1.74. The van der Waals surface area contributed by atoms with Crippen molar-refractivity contribution in [3.05, 3.63) is 11.0 Å². The quantitative estimate of drug-likeness (QED) is 0.507. The van der Waals surface area contributed by atoms with Gasteiger partial charge in [-0.2, -0.15) is 0 Å². The Bertz CT molecular complexity index is 277. The number of rotatable bonds is 4. The highest BCUT2D eigenvalue weighted by molar-refractivity contribution is 8.02. The molecule has 1 aliphatic rings. The third-order valence-electron chi connectivity index (χ3n) is 1.69. The predicted octanol–water partition coefficient (Wildman–Crippen LogP) is -0.0377. The van der Waals surface area contributed by atoms with Crippen LogP contribution in [-0.2, 0) is 14.3 Å². The summed E-state index contributed by atoms with van der Waals surface area (Å²) in [6.07, 6.45) is 0.591. The summed E-state index contributed by atoms with van der Waals surface area (Å²) in [5.41, 5.74) is 5.86. The standard InChI is InChI=1S/C8H11NO4S/c9-6(7(10)11)4-14-3-5-1-2-13-8(5)12/h3,6H,1-2,4,9H2,(H,10,11)/b5-3-/t6-/m0/s1. The third-order valence-corrected chi connectivity index (χ3v) is 2.69. The van der Waals surface area contributed by atoms with Gasteiger partial charge in [0.15, 0.2) is 0 Å². The van der Waals surface area contributed by atoms with Gasteiger partial charge in [0.1, 0.15) is 6.04 Å². The largest absolute Gasteiger partial charge is 0.480 e. The van der Waals surface area contributed by atoms with E-state index >= 15 is 0 Å². The molecule has 0 spiro atoms. The van der Waals surface area contributed by atoms with Gasteiger partial charge in [-0.15, -0.1) is 11.8 Å². The van der Waals surface area contributed by atoms with Crippen molar-refractivity contribution in [2.75, 3.05) is 12.4 Å². The number of ether oxygens (including phenoxy) is 1. The van der Waals surface area contributed by atoms with E-state index in [1.165, 1.54) is 11.8 Å². The average Bonchev–Trinajstić information content (AvgIpc) is 2.51. The number of nitrogens with two attached hydrogens (primary N) is 1. The van der Waals surface area contributed by atoms with Crippen LogP contribution in [0.5, 0.6) is 0 Å². The maximum atomic E-state index is 10.9. The molecule has 1 fully saturated rings. The zero-order chi connectivity index (χ0) is 10.6. The van der Waals surface area contributed by atoms with E-state index in [-0.39, 0.29) is 11.7 Å². The lowest BCUT2D eigenvalue weighted by atomic mass is 10.3. The van der Waals surface area contributed by atoms with Gasteiger partial charge in [0.05, 0.1) is 6.61 Å². The molecule has 1 aliphatic heterocycles. The van der Waals surface area contributed by atoms with Crippen LogP contribution in [0.4, 0.5) is 0 Å². The minimum Gasteiger partial charge on any atom is -0.480 e. The van der Waals surface area contributed by atoms with Crippen LogP contribution in [0.2, 0.25) is 0 Å². The van der Waals surface area contributed by atoms with Crippen molar-refractivity contribution < 1.29 is 19.4 Å². The smallest absolute Gasteiger partial charge is 0.334 e. The van der Waals surface area contributed by atoms with Crippen LogP contribution in [0.25, 0.3) is 0 Å². The molecule has 1 heterocycles. The SMILES string of the molecule is N[C@@H](CS/C=C1/CCOC1=O)C(=O)O. The second-order valence-electron chi connectivity index (χ2n) is 2.81. The Labute approximate surface area is 85.3 Å². The van der Waals surface area contributed by atoms with E-state index in [0.29, 0.717) is 18.6 Å². The van der Waals surface area contributed by atoms with Crippen LogP contribution in [-0.4, -0.2) is 35.4 Å². The molecule has 0 aromatic carbocycles. The van der Waals surface area contributed by atoms with Gasteiger partial charge in [-0.3, -0.25) is 4.79 Å². The molecule has 0 amide bonds. The molecule has 0 unspecified atom stereocenters. The van der Waals surface area contributed by atoms with E-state index in [0.717, 1.165) is 0 Å². The van der Waals surface area contributed by atoms with E-state index in [4.69, 9.17) is 15.6 Å². The Hall–Kier alpha value is -1.01. The first-order chi connectivity index (χ1) is 6.61. The first kappa shape index (κ1) is 11.1. The van der Waals surface area contributed by atoms with Gasteiger partial charge in [-0.25, -0.2) is 4.79 Å². The Morgan fingerprint density at radius 3 is 3.00 bits per heavy atom. The summed E-state index contributed by atoms with van der Waals surface area (Å²) in [7, 11) is 0. The lowest BCUT2D eigenvalue weighted by Crippen LogP contribution is -2.32. The van der Waals surface area contributed by atoms with Gasteiger partial charge < -0.3 is 15.6 Å². The molecule has 0 aromatic heterocycles. The molecule has 14 heavy (non-hydrogen) atoms. The van der Waals surface area contributed by atoms with Crippen LogP contribution in [0.1, 0.15) is 6.42 Å². The Morgan fingerprint density at radius 1 is 1.79 bits per heavy atom. The molecule has 6 heteroatoms. The molecule has 0 aromatic rings. The molecule has 3 N–H and O–H groups in total. The van der Waals surface area contributed by atoms with Gasteiger partial charge in [0.25, 0.3) is 0 Å². The predicted molar refractivity (Wildman–Crippen MR) is 51.7 cm³/mol. The van der Waals surface area contributed by atoms with Gasteiger partial charge in [0, 0.05) is 17.7 Å². The molecule has 5 nitrogen and oxygen atoms in total. The number of thioether (sulfide) groups is 1. The zero-order valence-electron chi connectivity index (χ0n) is 7.43. The highest BCUT2D eigenvalue weighted by atomic mass is 32.2. The molecular weight excluding hydrogens is 206 g/mol. The molecule has 0 saturated carbocycles. The summed E-state index contributed by atoms with van der Waals surface area (Å²) >= 11 is 1.22. The molecule has 1 rings (SSSR count). The monoisotopic (exact) mass is 217 g/mol. The highest BCUT2D eigenvalue weighted by Gasteiger charge is 2.18. The Kier molecular flexibility index (Phi) is 3.97. The number of carboxylic acids is 1. The molecule has 1 atom stereocenters. The van der Waals surface area contributed by atoms with E-state index < -0.39 is 12.0 Å². The van der Waals surface area contributed by atoms with Crippen molar-refractivity contribution in [1.82, 2.24) is 0 Å². The van der Waals surface area contributed by atoms with Gasteiger partial charge in [-0.05, 0) is 5.41 Å². The lowest BCUT2D eigenvalue weighted by molar-refractivity contribution is -0.138. The van der Waals surface area contributed by atoms with E-state index in [2.05, 4.69) is 0 Å². The Morgan fingerprint density at radius 2 is 2.50 bits per heavy atom. The van der Waals surface area contributed by atoms with Crippen molar-refractivity contribution in [1.29, 1.82) is 0 Å². The number of esters is 1. The molecule has 1 saturated heterocycles. The maximum Gasteiger partial charge on any atom is 0.334 e. The molecular formula is C8H11NO4S. The van der Waals surface area contributed by atoms with E-state index in [9.17, 15) is 9.59 Å². The van der Waals surface area contributed by atoms with Gasteiger partial charge in [0.2, 0.25) is 0 Å².